The summed E-state index contributed by atoms with van der Waals surface area (Å²) in [6.45, 7) is 6.25. The molecule has 0 radical (unpaired) electrons. The molecule has 1 aliphatic carbocycles. The van der Waals surface area contributed by atoms with Crippen molar-refractivity contribution in [1.29, 1.82) is 0 Å². The van der Waals surface area contributed by atoms with E-state index in [4.69, 9.17) is 16.0 Å². The Labute approximate surface area is 164 Å². The molecule has 0 bridgehead atoms. The third-order valence-electron chi connectivity index (χ3n) is 5.30. The SMILES string of the molecule is CC(C(=O)NC1CC1)N1CCN(Cc2ncc(-c3ccc(Cl)cc3)o2)CC1. The van der Waals surface area contributed by atoms with E-state index < -0.39 is 0 Å². The minimum atomic E-state index is -0.0639. The van der Waals surface area contributed by atoms with Crippen molar-refractivity contribution in [2.75, 3.05) is 26.2 Å². The van der Waals surface area contributed by atoms with Crippen molar-refractivity contribution in [2.45, 2.75) is 38.4 Å². The van der Waals surface area contributed by atoms with Crippen LogP contribution in [0.25, 0.3) is 11.3 Å². The molecule has 2 aliphatic rings. The fraction of sp³-hybridized carbons (Fsp3) is 0.500. The van der Waals surface area contributed by atoms with E-state index in [1.165, 1.54) is 0 Å². The number of hydrogen-bond acceptors (Lipinski definition) is 5. The maximum absolute atomic E-state index is 12.2. The second-order valence-electron chi connectivity index (χ2n) is 7.40. The van der Waals surface area contributed by atoms with Crippen LogP contribution in [0.15, 0.2) is 34.9 Å². The Hall–Kier alpha value is -1.89. The van der Waals surface area contributed by atoms with Crippen LogP contribution in [-0.4, -0.2) is 59.0 Å². The minimum Gasteiger partial charge on any atom is -0.439 e. The third-order valence-corrected chi connectivity index (χ3v) is 5.55. The molecule has 1 amide bonds. The van der Waals surface area contributed by atoms with E-state index in [9.17, 15) is 4.79 Å². The molecule has 144 valence electrons. The van der Waals surface area contributed by atoms with Gasteiger partial charge in [0.2, 0.25) is 11.8 Å². The summed E-state index contributed by atoms with van der Waals surface area (Å²) in [4.78, 5) is 21.2. The summed E-state index contributed by atoms with van der Waals surface area (Å²) in [6, 6.07) is 7.91. The lowest BCUT2D eigenvalue weighted by Crippen LogP contribution is -2.53. The summed E-state index contributed by atoms with van der Waals surface area (Å²) < 4.78 is 5.90. The molecular weight excluding hydrogens is 364 g/mol. The number of carbonyl (C=O) groups excluding carboxylic acids is 1. The van der Waals surface area contributed by atoms with Crippen LogP contribution in [0.5, 0.6) is 0 Å². The largest absolute Gasteiger partial charge is 0.439 e. The van der Waals surface area contributed by atoms with Crippen molar-refractivity contribution in [3.63, 3.8) is 0 Å². The summed E-state index contributed by atoms with van der Waals surface area (Å²) in [5, 5.41) is 3.80. The molecule has 7 heteroatoms. The van der Waals surface area contributed by atoms with Gasteiger partial charge in [-0.25, -0.2) is 4.98 Å². The monoisotopic (exact) mass is 388 g/mol. The number of aromatic nitrogens is 1. The Bertz CT molecular complexity index is 780. The molecule has 1 aliphatic heterocycles. The van der Waals surface area contributed by atoms with Gasteiger partial charge in [0.05, 0.1) is 18.8 Å². The molecule has 0 spiro atoms. The molecule has 1 unspecified atom stereocenters. The molecule has 6 nitrogen and oxygen atoms in total. The van der Waals surface area contributed by atoms with E-state index in [0.717, 1.165) is 50.3 Å². The van der Waals surface area contributed by atoms with E-state index in [1.54, 1.807) is 6.20 Å². The minimum absolute atomic E-state index is 0.0639. The molecule has 1 aromatic heterocycles. The molecule has 27 heavy (non-hydrogen) atoms. The number of nitrogens with zero attached hydrogens (tertiary/aromatic N) is 3. The zero-order chi connectivity index (χ0) is 18.8. The predicted molar refractivity (Wildman–Crippen MR) is 104 cm³/mol. The van der Waals surface area contributed by atoms with Gasteiger partial charge in [0.15, 0.2) is 5.76 Å². The van der Waals surface area contributed by atoms with Crippen LogP contribution in [0, 0.1) is 0 Å². The molecule has 1 saturated carbocycles. The lowest BCUT2D eigenvalue weighted by atomic mass is 10.2. The number of oxazole rings is 1. The van der Waals surface area contributed by atoms with Crippen LogP contribution >= 0.6 is 11.6 Å². The fourth-order valence-corrected chi connectivity index (χ4v) is 3.47. The summed E-state index contributed by atoms with van der Waals surface area (Å²) in [7, 11) is 0. The number of carbonyl (C=O) groups is 1. The van der Waals surface area contributed by atoms with Gasteiger partial charge in [-0.3, -0.25) is 14.6 Å². The molecule has 1 saturated heterocycles. The van der Waals surface area contributed by atoms with Crippen molar-refractivity contribution in [2.24, 2.45) is 0 Å². The summed E-state index contributed by atoms with van der Waals surface area (Å²) >= 11 is 5.93. The van der Waals surface area contributed by atoms with Crippen LogP contribution in [-0.2, 0) is 11.3 Å². The number of benzene rings is 1. The Morgan fingerprint density at radius 3 is 2.63 bits per heavy atom. The first-order chi connectivity index (χ1) is 13.1. The Balaban J connectivity index is 1.28. The zero-order valence-corrected chi connectivity index (χ0v) is 16.3. The van der Waals surface area contributed by atoms with Gasteiger partial charge in [0.1, 0.15) is 0 Å². The van der Waals surface area contributed by atoms with Gasteiger partial charge in [0.25, 0.3) is 0 Å². The van der Waals surface area contributed by atoms with Gasteiger partial charge in [-0.05, 0) is 44.0 Å². The van der Waals surface area contributed by atoms with Gasteiger partial charge in [-0.1, -0.05) is 11.6 Å². The number of rotatable bonds is 6. The van der Waals surface area contributed by atoms with Crippen molar-refractivity contribution in [3.8, 4) is 11.3 Å². The van der Waals surface area contributed by atoms with Crippen LogP contribution in [0.1, 0.15) is 25.7 Å². The highest BCUT2D eigenvalue weighted by Gasteiger charge is 2.30. The van der Waals surface area contributed by atoms with Gasteiger partial charge in [-0.2, -0.15) is 0 Å². The number of piperazine rings is 1. The number of hydrogen-bond donors (Lipinski definition) is 1. The van der Waals surface area contributed by atoms with E-state index in [2.05, 4.69) is 20.1 Å². The zero-order valence-electron chi connectivity index (χ0n) is 15.5. The van der Waals surface area contributed by atoms with Gasteiger partial charge < -0.3 is 9.73 Å². The van der Waals surface area contributed by atoms with Crippen LogP contribution in [0.4, 0.5) is 0 Å². The lowest BCUT2D eigenvalue weighted by molar-refractivity contribution is -0.126. The van der Waals surface area contributed by atoms with E-state index >= 15 is 0 Å². The van der Waals surface area contributed by atoms with Crippen molar-refractivity contribution in [1.82, 2.24) is 20.1 Å². The van der Waals surface area contributed by atoms with Crippen LogP contribution in [0.3, 0.4) is 0 Å². The molecule has 2 heterocycles. The first kappa shape index (κ1) is 18.5. The van der Waals surface area contributed by atoms with Crippen LogP contribution in [0.2, 0.25) is 5.02 Å². The van der Waals surface area contributed by atoms with Crippen LogP contribution < -0.4 is 5.32 Å². The Morgan fingerprint density at radius 1 is 1.26 bits per heavy atom. The fourth-order valence-electron chi connectivity index (χ4n) is 3.35. The Kier molecular flexibility index (Phi) is 5.48. The lowest BCUT2D eigenvalue weighted by Gasteiger charge is -2.36. The van der Waals surface area contributed by atoms with E-state index in [-0.39, 0.29) is 11.9 Å². The first-order valence-corrected chi connectivity index (χ1v) is 9.94. The number of amides is 1. The van der Waals surface area contributed by atoms with Crippen molar-refractivity contribution >= 4 is 17.5 Å². The first-order valence-electron chi connectivity index (χ1n) is 9.56. The van der Waals surface area contributed by atoms with Crippen molar-refractivity contribution in [3.05, 3.63) is 41.4 Å². The predicted octanol–water partition coefficient (Wildman–Crippen LogP) is 2.78. The molecule has 1 atom stereocenters. The molecule has 4 rings (SSSR count). The molecule has 2 aromatic rings. The number of halogens is 1. The highest BCUT2D eigenvalue weighted by atomic mass is 35.5. The van der Waals surface area contributed by atoms with Gasteiger partial charge in [0, 0.05) is 42.8 Å². The smallest absolute Gasteiger partial charge is 0.237 e. The third kappa shape index (κ3) is 4.69. The maximum atomic E-state index is 12.2. The summed E-state index contributed by atoms with van der Waals surface area (Å²) in [5.41, 5.74) is 0.971. The highest BCUT2D eigenvalue weighted by molar-refractivity contribution is 6.30. The van der Waals surface area contributed by atoms with Crippen molar-refractivity contribution < 1.29 is 9.21 Å². The average Bonchev–Trinajstić information content (AvgIpc) is 3.37. The summed E-state index contributed by atoms with van der Waals surface area (Å²) in [6.07, 6.45) is 4.01. The standard InChI is InChI=1S/C20H25ClN4O2/c1-14(20(26)23-17-6-7-17)25-10-8-24(9-11-25)13-19-22-12-18(27-19)15-2-4-16(21)5-3-15/h2-5,12,14,17H,6-11,13H2,1H3,(H,23,26). The average molecular weight is 389 g/mol. The van der Waals surface area contributed by atoms with Gasteiger partial charge >= 0.3 is 0 Å². The molecule has 1 N–H and O–H groups in total. The number of nitrogens with one attached hydrogen (secondary N) is 1. The molecule has 1 aromatic carbocycles. The van der Waals surface area contributed by atoms with E-state index in [1.807, 2.05) is 31.2 Å². The quantitative estimate of drug-likeness (QED) is 0.824. The second kappa shape index (κ2) is 8.00. The van der Waals surface area contributed by atoms with Gasteiger partial charge in [-0.15, -0.1) is 0 Å². The maximum Gasteiger partial charge on any atom is 0.237 e. The molecule has 2 fully saturated rings. The summed E-state index contributed by atoms with van der Waals surface area (Å²) in [5.74, 6) is 1.63. The topological polar surface area (TPSA) is 61.6 Å². The Morgan fingerprint density at radius 2 is 1.96 bits per heavy atom. The molecular formula is C20H25ClN4O2. The highest BCUT2D eigenvalue weighted by Crippen LogP contribution is 2.23. The van der Waals surface area contributed by atoms with E-state index in [0.29, 0.717) is 23.5 Å². The second-order valence-corrected chi connectivity index (χ2v) is 7.83. The normalized spacial score (nSPS) is 19.8.